The summed E-state index contributed by atoms with van der Waals surface area (Å²) in [6, 6.07) is 25.4. The molecule has 2 heterocycles. The van der Waals surface area contributed by atoms with Gasteiger partial charge in [-0.25, -0.2) is 0 Å². The Balaban J connectivity index is 1.38. The molecule has 0 radical (unpaired) electrons. The number of thioether (sulfide) groups is 1. The molecule has 1 aromatic heterocycles. The molecule has 33 heavy (non-hydrogen) atoms. The molecule has 1 N–H and O–H groups in total. The molecule has 8 heteroatoms. The van der Waals surface area contributed by atoms with Gasteiger partial charge in [0.1, 0.15) is 0 Å². The van der Waals surface area contributed by atoms with Crippen LogP contribution in [0.5, 0.6) is 11.5 Å². The topological polar surface area (TPSA) is 78.3 Å². The molecular formula is C25H22N4O3S. The third kappa shape index (κ3) is 4.56. The van der Waals surface area contributed by atoms with Gasteiger partial charge in [-0.05, 0) is 42.8 Å². The molecule has 0 aliphatic carbocycles. The Labute approximate surface area is 195 Å². The van der Waals surface area contributed by atoms with Crippen molar-refractivity contribution in [3.63, 3.8) is 0 Å². The van der Waals surface area contributed by atoms with E-state index in [1.54, 1.807) is 0 Å². The number of ether oxygens (including phenoxy) is 2. The zero-order valence-electron chi connectivity index (χ0n) is 18.0. The van der Waals surface area contributed by atoms with Crippen molar-refractivity contribution in [3.8, 4) is 28.6 Å². The molecule has 0 saturated heterocycles. The van der Waals surface area contributed by atoms with E-state index < -0.39 is 0 Å². The zero-order valence-corrected chi connectivity index (χ0v) is 18.8. The second kappa shape index (κ2) is 9.38. The van der Waals surface area contributed by atoms with Crippen LogP contribution in [0.2, 0.25) is 0 Å². The van der Waals surface area contributed by atoms with Crippen molar-refractivity contribution in [2.24, 2.45) is 0 Å². The number of carbonyl (C=O) groups is 1. The third-order valence-corrected chi connectivity index (χ3v) is 6.22. The number of nitrogens with zero attached hydrogens (tertiary/aromatic N) is 3. The summed E-state index contributed by atoms with van der Waals surface area (Å²) in [6.45, 7) is 2.18. The van der Waals surface area contributed by atoms with Gasteiger partial charge in [-0.15, -0.1) is 10.2 Å². The van der Waals surface area contributed by atoms with Crippen LogP contribution in [-0.4, -0.2) is 33.2 Å². The number of para-hydroxylation sites is 1. The summed E-state index contributed by atoms with van der Waals surface area (Å²) < 4.78 is 12.9. The molecule has 1 aliphatic heterocycles. The van der Waals surface area contributed by atoms with Crippen LogP contribution in [-0.2, 0) is 4.79 Å². The van der Waals surface area contributed by atoms with Crippen LogP contribution in [0.1, 0.15) is 18.5 Å². The van der Waals surface area contributed by atoms with Gasteiger partial charge in [-0.1, -0.05) is 60.3 Å². The van der Waals surface area contributed by atoms with Gasteiger partial charge in [0.05, 0.1) is 11.8 Å². The van der Waals surface area contributed by atoms with Crippen LogP contribution in [0, 0.1) is 0 Å². The highest BCUT2D eigenvalue weighted by atomic mass is 32.2. The predicted molar refractivity (Wildman–Crippen MR) is 127 cm³/mol. The Morgan fingerprint density at radius 3 is 2.52 bits per heavy atom. The van der Waals surface area contributed by atoms with E-state index in [0.29, 0.717) is 22.5 Å². The van der Waals surface area contributed by atoms with E-state index >= 15 is 0 Å². The normalized spacial score (nSPS) is 13.0. The average Bonchev–Trinajstić information content (AvgIpc) is 3.50. The van der Waals surface area contributed by atoms with Gasteiger partial charge in [0, 0.05) is 11.3 Å². The molecule has 3 aromatic carbocycles. The monoisotopic (exact) mass is 458 g/mol. The quantitative estimate of drug-likeness (QED) is 0.407. The lowest BCUT2D eigenvalue weighted by Crippen LogP contribution is -2.28. The van der Waals surface area contributed by atoms with Crippen LogP contribution in [0.3, 0.4) is 0 Å². The number of fused-ring (bicyclic) bond motifs is 1. The van der Waals surface area contributed by atoms with Crippen LogP contribution in [0.15, 0.2) is 84.0 Å². The number of benzene rings is 3. The molecule has 166 valence electrons. The molecule has 4 aromatic rings. The Bertz CT molecular complexity index is 1260. The van der Waals surface area contributed by atoms with Crippen LogP contribution in [0.25, 0.3) is 17.1 Å². The Morgan fingerprint density at radius 1 is 1.00 bits per heavy atom. The third-order valence-electron chi connectivity index (χ3n) is 5.29. The Kier molecular flexibility index (Phi) is 5.99. The second-order valence-corrected chi connectivity index (χ2v) is 8.48. The fourth-order valence-electron chi connectivity index (χ4n) is 3.63. The molecule has 7 nitrogen and oxygen atoms in total. The fraction of sp³-hybridized carbons (Fsp3) is 0.160. The summed E-state index contributed by atoms with van der Waals surface area (Å²) in [7, 11) is 0. The lowest BCUT2D eigenvalue weighted by Gasteiger charge is -2.14. The standard InChI is InChI=1S/C25H22N4O3S/c1-17(18-8-4-2-5-9-18)26-23(30)15-33-25-28-27-24(29(25)20-10-6-3-7-11-20)19-12-13-21-22(14-19)32-16-31-21/h2-14,17H,15-16H2,1H3,(H,26,30)/t17-/m1/s1. The van der Waals surface area contributed by atoms with Gasteiger partial charge in [0.2, 0.25) is 12.7 Å². The molecule has 0 unspecified atom stereocenters. The first-order valence-corrected chi connectivity index (χ1v) is 11.6. The van der Waals surface area contributed by atoms with Gasteiger partial charge < -0.3 is 14.8 Å². The first-order valence-electron chi connectivity index (χ1n) is 10.6. The summed E-state index contributed by atoms with van der Waals surface area (Å²) in [4.78, 5) is 12.6. The number of carbonyl (C=O) groups excluding carboxylic acids is 1. The van der Waals surface area contributed by atoms with E-state index in [1.807, 2.05) is 90.4 Å². The summed E-state index contributed by atoms with van der Waals surface area (Å²) in [6.07, 6.45) is 0. The number of hydrogen-bond donors (Lipinski definition) is 1. The van der Waals surface area contributed by atoms with Gasteiger partial charge >= 0.3 is 0 Å². The maximum atomic E-state index is 12.6. The highest BCUT2D eigenvalue weighted by Crippen LogP contribution is 2.37. The molecule has 5 rings (SSSR count). The molecule has 0 bridgehead atoms. The largest absolute Gasteiger partial charge is 0.454 e. The predicted octanol–water partition coefficient (Wildman–Crippen LogP) is 4.63. The van der Waals surface area contributed by atoms with Gasteiger partial charge in [-0.3, -0.25) is 9.36 Å². The number of nitrogens with one attached hydrogen (secondary N) is 1. The van der Waals surface area contributed by atoms with Crippen molar-refractivity contribution < 1.29 is 14.3 Å². The van der Waals surface area contributed by atoms with Crippen molar-refractivity contribution in [3.05, 3.63) is 84.4 Å². The lowest BCUT2D eigenvalue weighted by atomic mass is 10.1. The van der Waals surface area contributed by atoms with E-state index in [1.165, 1.54) is 11.8 Å². The second-order valence-electron chi connectivity index (χ2n) is 7.53. The number of amides is 1. The zero-order chi connectivity index (χ0) is 22.6. The van der Waals surface area contributed by atoms with Crippen molar-refractivity contribution in [2.45, 2.75) is 18.1 Å². The molecule has 0 saturated carbocycles. The number of hydrogen-bond acceptors (Lipinski definition) is 6. The van der Waals surface area contributed by atoms with Gasteiger partial charge in [-0.2, -0.15) is 0 Å². The minimum atomic E-state index is -0.0736. The summed E-state index contributed by atoms with van der Waals surface area (Å²) in [5.74, 6) is 2.22. The summed E-state index contributed by atoms with van der Waals surface area (Å²) in [5, 5.41) is 12.5. The van der Waals surface area contributed by atoms with Crippen molar-refractivity contribution in [1.29, 1.82) is 0 Å². The van der Waals surface area contributed by atoms with Crippen molar-refractivity contribution in [2.75, 3.05) is 12.5 Å². The molecule has 1 amide bonds. The first kappa shape index (κ1) is 21.1. The molecule has 0 spiro atoms. The maximum Gasteiger partial charge on any atom is 0.231 e. The van der Waals surface area contributed by atoms with E-state index in [9.17, 15) is 4.79 Å². The smallest absolute Gasteiger partial charge is 0.231 e. The van der Waals surface area contributed by atoms with E-state index in [0.717, 1.165) is 16.8 Å². The van der Waals surface area contributed by atoms with Crippen molar-refractivity contribution in [1.82, 2.24) is 20.1 Å². The number of aromatic nitrogens is 3. The average molecular weight is 459 g/mol. The van der Waals surface area contributed by atoms with Crippen LogP contribution < -0.4 is 14.8 Å². The van der Waals surface area contributed by atoms with E-state index in [-0.39, 0.29) is 24.5 Å². The van der Waals surface area contributed by atoms with Gasteiger partial charge in [0.15, 0.2) is 22.5 Å². The first-order chi connectivity index (χ1) is 16.2. The number of rotatable bonds is 7. The highest BCUT2D eigenvalue weighted by Gasteiger charge is 2.21. The lowest BCUT2D eigenvalue weighted by molar-refractivity contribution is -0.119. The SMILES string of the molecule is C[C@@H](NC(=O)CSc1nnc(-c2ccc3c(c2)OCO3)n1-c1ccccc1)c1ccccc1. The van der Waals surface area contributed by atoms with Crippen molar-refractivity contribution >= 4 is 17.7 Å². The van der Waals surface area contributed by atoms with Crippen LogP contribution in [0.4, 0.5) is 0 Å². The molecule has 1 aliphatic rings. The molecular weight excluding hydrogens is 436 g/mol. The summed E-state index contributed by atoms with van der Waals surface area (Å²) in [5.41, 5.74) is 2.83. The summed E-state index contributed by atoms with van der Waals surface area (Å²) >= 11 is 1.35. The maximum absolute atomic E-state index is 12.6. The van der Waals surface area contributed by atoms with Gasteiger partial charge in [0.25, 0.3) is 0 Å². The molecule has 1 atom stereocenters. The van der Waals surface area contributed by atoms with E-state index in [4.69, 9.17) is 9.47 Å². The highest BCUT2D eigenvalue weighted by molar-refractivity contribution is 7.99. The Hall–Kier alpha value is -3.78. The minimum Gasteiger partial charge on any atom is -0.454 e. The van der Waals surface area contributed by atoms with E-state index in [2.05, 4.69) is 15.5 Å². The molecule has 0 fully saturated rings. The van der Waals surface area contributed by atoms with Crippen LogP contribution >= 0.6 is 11.8 Å². The Morgan fingerprint density at radius 2 is 1.73 bits per heavy atom. The minimum absolute atomic E-state index is 0.0661. The fourth-order valence-corrected chi connectivity index (χ4v) is 4.40.